The molecule has 2 atom stereocenters. The number of hydrazine groups is 1. The minimum absolute atomic E-state index is 0.320. The van der Waals surface area contributed by atoms with Crippen molar-refractivity contribution in [2.75, 3.05) is 20.3 Å². The molecule has 2 aliphatic rings. The lowest BCUT2D eigenvalue weighted by Crippen LogP contribution is -2.58. The highest BCUT2D eigenvalue weighted by Crippen LogP contribution is 2.42. The summed E-state index contributed by atoms with van der Waals surface area (Å²) in [5.74, 6) is 0.865. The third kappa shape index (κ3) is 3.11. The van der Waals surface area contributed by atoms with Crippen LogP contribution < -0.4 is 0 Å². The van der Waals surface area contributed by atoms with Gasteiger partial charge in [-0.1, -0.05) is 72.7 Å². The van der Waals surface area contributed by atoms with Gasteiger partial charge in [0.05, 0.1) is 12.6 Å². The van der Waals surface area contributed by atoms with E-state index in [4.69, 9.17) is 9.57 Å². The Morgan fingerprint density at radius 3 is 2.48 bits per heavy atom. The van der Waals surface area contributed by atoms with E-state index in [0.717, 1.165) is 42.8 Å². The van der Waals surface area contributed by atoms with Gasteiger partial charge in [0.2, 0.25) is 5.72 Å². The molecule has 0 unspecified atom stereocenters. The molecule has 2 aliphatic heterocycles. The van der Waals surface area contributed by atoms with Crippen LogP contribution in [0.5, 0.6) is 0 Å². The van der Waals surface area contributed by atoms with Crippen LogP contribution in [-0.2, 0) is 15.3 Å². The first-order valence-corrected chi connectivity index (χ1v) is 9.73. The van der Waals surface area contributed by atoms with Crippen LogP contribution in [0.25, 0.3) is 0 Å². The third-order valence-corrected chi connectivity index (χ3v) is 5.52. The average Bonchev–Trinajstić information content (AvgIpc) is 3.34. The van der Waals surface area contributed by atoms with Gasteiger partial charge in [0.25, 0.3) is 0 Å². The summed E-state index contributed by atoms with van der Waals surface area (Å²) in [5.41, 5.74) is 1.54. The third-order valence-electron chi connectivity index (χ3n) is 5.52. The highest BCUT2D eigenvalue weighted by Gasteiger charge is 2.51. The van der Waals surface area contributed by atoms with Gasteiger partial charge in [-0.15, -0.1) is 0 Å². The van der Waals surface area contributed by atoms with Gasteiger partial charge < -0.3 is 9.57 Å². The molecule has 2 aromatic carbocycles. The second-order valence-electron chi connectivity index (χ2n) is 7.10. The standard InChI is InChI=1S/C22H27N3O2/c1-3-22(19-13-8-5-9-14-19)25(24-16-10-15-20(24)17-26-2)21(23-27-22)18-11-6-4-7-12-18/h4-9,11-14,20H,3,10,15-17H2,1-2H3/t20-,22+/m0/s1. The summed E-state index contributed by atoms with van der Waals surface area (Å²) in [4.78, 5) is 6.23. The first-order valence-electron chi connectivity index (χ1n) is 9.73. The summed E-state index contributed by atoms with van der Waals surface area (Å²) < 4.78 is 5.52. The van der Waals surface area contributed by atoms with Gasteiger partial charge in [0, 0.05) is 31.2 Å². The molecule has 0 aliphatic carbocycles. The molecule has 142 valence electrons. The maximum atomic E-state index is 6.23. The van der Waals surface area contributed by atoms with Crippen LogP contribution in [0.2, 0.25) is 0 Å². The Morgan fingerprint density at radius 2 is 1.81 bits per heavy atom. The molecule has 0 bridgehead atoms. The van der Waals surface area contributed by atoms with Crippen LogP contribution >= 0.6 is 0 Å². The van der Waals surface area contributed by atoms with Gasteiger partial charge in [-0.25, -0.2) is 10.0 Å². The second kappa shape index (κ2) is 7.71. The molecule has 0 aromatic heterocycles. The van der Waals surface area contributed by atoms with Crippen LogP contribution in [0.4, 0.5) is 0 Å². The number of oxime groups is 1. The second-order valence-corrected chi connectivity index (χ2v) is 7.10. The van der Waals surface area contributed by atoms with Gasteiger partial charge in [0.1, 0.15) is 0 Å². The van der Waals surface area contributed by atoms with Crippen LogP contribution in [-0.4, -0.2) is 42.2 Å². The van der Waals surface area contributed by atoms with Crippen molar-refractivity contribution in [3.63, 3.8) is 0 Å². The lowest BCUT2D eigenvalue weighted by molar-refractivity contribution is -0.191. The van der Waals surface area contributed by atoms with Gasteiger partial charge in [0.15, 0.2) is 5.84 Å². The van der Waals surface area contributed by atoms with Crippen LogP contribution in [0.3, 0.4) is 0 Å². The number of benzene rings is 2. The molecule has 1 saturated heterocycles. The van der Waals surface area contributed by atoms with E-state index >= 15 is 0 Å². The maximum Gasteiger partial charge on any atom is 0.250 e. The van der Waals surface area contributed by atoms with E-state index in [0.29, 0.717) is 12.6 Å². The molecular weight excluding hydrogens is 338 g/mol. The van der Waals surface area contributed by atoms with Crippen molar-refractivity contribution >= 4 is 5.84 Å². The summed E-state index contributed by atoms with van der Waals surface area (Å²) >= 11 is 0. The average molecular weight is 365 g/mol. The number of nitrogens with zero attached hydrogens (tertiary/aromatic N) is 3. The largest absolute Gasteiger partial charge is 0.383 e. The number of methoxy groups -OCH3 is 1. The molecule has 5 nitrogen and oxygen atoms in total. The van der Waals surface area contributed by atoms with Crippen LogP contribution in [0.1, 0.15) is 37.3 Å². The quantitative estimate of drug-likeness (QED) is 0.776. The highest BCUT2D eigenvalue weighted by atomic mass is 16.7. The van der Waals surface area contributed by atoms with Crippen molar-refractivity contribution in [2.24, 2.45) is 5.16 Å². The molecule has 0 amide bonds. The Morgan fingerprint density at radius 1 is 1.11 bits per heavy atom. The predicted octanol–water partition coefficient (Wildman–Crippen LogP) is 3.97. The Bertz CT molecular complexity index is 781. The molecule has 2 aromatic rings. The van der Waals surface area contributed by atoms with Crippen molar-refractivity contribution < 1.29 is 9.57 Å². The Labute approximate surface area is 161 Å². The first kappa shape index (κ1) is 18.0. The number of hydrogen-bond acceptors (Lipinski definition) is 5. The molecule has 0 saturated carbocycles. The van der Waals surface area contributed by atoms with Crippen molar-refractivity contribution in [1.82, 2.24) is 10.0 Å². The van der Waals surface area contributed by atoms with E-state index in [9.17, 15) is 0 Å². The molecule has 0 radical (unpaired) electrons. The smallest absolute Gasteiger partial charge is 0.250 e. The minimum Gasteiger partial charge on any atom is -0.383 e. The lowest BCUT2D eigenvalue weighted by Gasteiger charge is -2.44. The Hall–Kier alpha value is -2.37. The van der Waals surface area contributed by atoms with Crippen molar-refractivity contribution in [2.45, 2.75) is 38.0 Å². The zero-order valence-corrected chi connectivity index (χ0v) is 16.0. The molecule has 1 fully saturated rings. The van der Waals surface area contributed by atoms with E-state index in [-0.39, 0.29) is 0 Å². The first-order chi connectivity index (χ1) is 13.3. The zero-order chi connectivity index (χ0) is 18.7. The van der Waals surface area contributed by atoms with Gasteiger partial charge in [-0.05, 0) is 12.8 Å². The van der Waals surface area contributed by atoms with Crippen LogP contribution in [0.15, 0.2) is 65.8 Å². The van der Waals surface area contributed by atoms with E-state index in [1.54, 1.807) is 7.11 Å². The summed E-state index contributed by atoms with van der Waals surface area (Å²) in [6.45, 7) is 3.83. The van der Waals surface area contributed by atoms with E-state index in [2.05, 4.69) is 58.5 Å². The minimum atomic E-state index is -0.636. The summed E-state index contributed by atoms with van der Waals surface area (Å²) in [5, 5.41) is 9.28. The predicted molar refractivity (Wildman–Crippen MR) is 106 cm³/mol. The number of amidine groups is 1. The van der Waals surface area contributed by atoms with Crippen molar-refractivity contribution in [3.8, 4) is 0 Å². The SMILES string of the molecule is CC[C@]1(c2ccccc2)ON=C(c2ccccc2)N1N1CCC[C@H]1COC. The number of hydrogen-bond donors (Lipinski definition) is 0. The molecule has 0 spiro atoms. The normalized spacial score (nSPS) is 25.5. The fraction of sp³-hybridized carbons (Fsp3) is 0.409. The van der Waals surface area contributed by atoms with Crippen molar-refractivity contribution in [3.05, 3.63) is 71.8 Å². The molecule has 2 heterocycles. The number of rotatable bonds is 6. The molecule has 4 rings (SSSR count). The van der Waals surface area contributed by atoms with Crippen LogP contribution in [0, 0.1) is 0 Å². The summed E-state index contributed by atoms with van der Waals surface area (Å²) in [7, 11) is 1.77. The topological polar surface area (TPSA) is 37.3 Å². The molecule has 5 heteroatoms. The van der Waals surface area contributed by atoms with Gasteiger partial charge in [-0.3, -0.25) is 0 Å². The summed E-state index contributed by atoms with van der Waals surface area (Å²) in [6.07, 6.45) is 3.04. The van der Waals surface area contributed by atoms with E-state index in [1.807, 2.05) is 24.3 Å². The van der Waals surface area contributed by atoms with Crippen molar-refractivity contribution in [1.29, 1.82) is 0 Å². The monoisotopic (exact) mass is 365 g/mol. The highest BCUT2D eigenvalue weighted by molar-refractivity contribution is 5.99. The fourth-order valence-corrected chi connectivity index (χ4v) is 4.20. The molecule has 27 heavy (non-hydrogen) atoms. The summed E-state index contributed by atoms with van der Waals surface area (Å²) in [6, 6.07) is 21.0. The van der Waals surface area contributed by atoms with E-state index < -0.39 is 5.72 Å². The fourth-order valence-electron chi connectivity index (χ4n) is 4.20. The lowest BCUT2D eigenvalue weighted by atomic mass is 9.98. The zero-order valence-electron chi connectivity index (χ0n) is 16.0. The maximum absolute atomic E-state index is 6.23. The van der Waals surface area contributed by atoms with E-state index in [1.165, 1.54) is 0 Å². The van der Waals surface area contributed by atoms with Gasteiger partial charge >= 0.3 is 0 Å². The Balaban J connectivity index is 1.80. The number of ether oxygens (including phenoxy) is 1. The molecular formula is C22H27N3O2. The Kier molecular flexibility index (Phi) is 5.14. The molecule has 0 N–H and O–H groups in total. The van der Waals surface area contributed by atoms with Gasteiger partial charge in [-0.2, -0.15) is 0 Å².